The SMILES string of the molecule is CN(C)CC(=O)N1CCN(C(=O)c2csc(N)n2)CC1. The van der Waals surface area contributed by atoms with E-state index in [0.717, 1.165) is 0 Å². The van der Waals surface area contributed by atoms with Gasteiger partial charge in [0.1, 0.15) is 5.69 Å². The highest BCUT2D eigenvalue weighted by Gasteiger charge is 2.25. The van der Waals surface area contributed by atoms with E-state index in [0.29, 0.717) is 43.5 Å². The molecule has 7 nitrogen and oxygen atoms in total. The lowest BCUT2D eigenvalue weighted by Gasteiger charge is -2.35. The van der Waals surface area contributed by atoms with Crippen LogP contribution in [0.3, 0.4) is 0 Å². The third kappa shape index (κ3) is 3.45. The van der Waals surface area contributed by atoms with Gasteiger partial charge in [-0.1, -0.05) is 0 Å². The molecule has 0 spiro atoms. The maximum atomic E-state index is 12.2. The van der Waals surface area contributed by atoms with Gasteiger partial charge in [-0.15, -0.1) is 11.3 Å². The van der Waals surface area contributed by atoms with Crippen LogP contribution in [0.5, 0.6) is 0 Å². The second-order valence-electron chi connectivity index (χ2n) is 4.98. The monoisotopic (exact) mass is 297 g/mol. The van der Waals surface area contributed by atoms with Gasteiger partial charge < -0.3 is 20.4 Å². The van der Waals surface area contributed by atoms with Crippen molar-refractivity contribution in [1.29, 1.82) is 0 Å². The van der Waals surface area contributed by atoms with E-state index in [2.05, 4.69) is 4.98 Å². The van der Waals surface area contributed by atoms with E-state index >= 15 is 0 Å². The number of rotatable bonds is 3. The number of piperazine rings is 1. The Morgan fingerprint density at radius 1 is 1.30 bits per heavy atom. The Morgan fingerprint density at radius 3 is 2.40 bits per heavy atom. The summed E-state index contributed by atoms with van der Waals surface area (Å²) in [5.41, 5.74) is 5.92. The fraction of sp³-hybridized carbons (Fsp3) is 0.583. The van der Waals surface area contributed by atoms with Gasteiger partial charge in [0.15, 0.2) is 5.13 Å². The molecule has 0 saturated carbocycles. The molecule has 20 heavy (non-hydrogen) atoms. The van der Waals surface area contributed by atoms with Crippen molar-refractivity contribution in [3.8, 4) is 0 Å². The number of carbonyl (C=O) groups excluding carboxylic acids is 2. The Labute approximate surface area is 122 Å². The Morgan fingerprint density at radius 2 is 1.90 bits per heavy atom. The molecule has 0 atom stereocenters. The third-order valence-corrected chi connectivity index (χ3v) is 3.79. The highest BCUT2D eigenvalue weighted by molar-refractivity contribution is 7.13. The van der Waals surface area contributed by atoms with E-state index in [4.69, 9.17) is 5.73 Å². The lowest BCUT2D eigenvalue weighted by Crippen LogP contribution is -2.52. The van der Waals surface area contributed by atoms with E-state index < -0.39 is 0 Å². The average Bonchev–Trinajstić information content (AvgIpc) is 2.84. The molecule has 1 aromatic heterocycles. The van der Waals surface area contributed by atoms with Gasteiger partial charge in [-0.3, -0.25) is 9.59 Å². The van der Waals surface area contributed by atoms with Crippen LogP contribution >= 0.6 is 11.3 Å². The molecule has 0 radical (unpaired) electrons. The zero-order valence-corrected chi connectivity index (χ0v) is 12.5. The first-order valence-corrected chi connectivity index (χ1v) is 7.28. The van der Waals surface area contributed by atoms with Crippen LogP contribution < -0.4 is 5.73 Å². The van der Waals surface area contributed by atoms with Crippen molar-refractivity contribution in [3.63, 3.8) is 0 Å². The molecule has 0 unspecified atom stereocenters. The van der Waals surface area contributed by atoms with E-state index in [-0.39, 0.29) is 11.8 Å². The molecule has 0 bridgehead atoms. The number of aromatic nitrogens is 1. The van der Waals surface area contributed by atoms with Gasteiger partial charge in [0.2, 0.25) is 5.91 Å². The normalized spacial score (nSPS) is 15.8. The highest BCUT2D eigenvalue weighted by Crippen LogP contribution is 2.14. The number of nitrogens with two attached hydrogens (primary N) is 1. The fourth-order valence-electron chi connectivity index (χ4n) is 2.08. The summed E-state index contributed by atoms with van der Waals surface area (Å²) in [6.07, 6.45) is 0. The minimum Gasteiger partial charge on any atom is -0.375 e. The maximum Gasteiger partial charge on any atom is 0.273 e. The molecule has 2 amide bonds. The maximum absolute atomic E-state index is 12.2. The summed E-state index contributed by atoms with van der Waals surface area (Å²) in [5, 5.41) is 2.06. The second-order valence-corrected chi connectivity index (χ2v) is 5.87. The van der Waals surface area contributed by atoms with Crippen molar-refractivity contribution in [1.82, 2.24) is 19.7 Å². The minimum absolute atomic E-state index is 0.0972. The molecule has 1 aliphatic heterocycles. The number of amides is 2. The molecule has 1 aromatic rings. The molecule has 1 fully saturated rings. The van der Waals surface area contributed by atoms with Crippen molar-refractivity contribution in [2.45, 2.75) is 0 Å². The summed E-state index contributed by atoms with van der Waals surface area (Å²) in [6.45, 7) is 2.61. The van der Waals surface area contributed by atoms with Crippen molar-refractivity contribution in [2.24, 2.45) is 0 Å². The molecule has 1 saturated heterocycles. The number of carbonyl (C=O) groups is 2. The van der Waals surface area contributed by atoms with Gasteiger partial charge in [0.25, 0.3) is 5.91 Å². The topological polar surface area (TPSA) is 82.8 Å². The number of nitrogens with zero attached hydrogens (tertiary/aromatic N) is 4. The van der Waals surface area contributed by atoms with Crippen LogP contribution in [0.15, 0.2) is 5.38 Å². The largest absolute Gasteiger partial charge is 0.375 e. The zero-order valence-electron chi connectivity index (χ0n) is 11.7. The first kappa shape index (κ1) is 14.7. The fourth-order valence-corrected chi connectivity index (χ4v) is 2.61. The van der Waals surface area contributed by atoms with E-state index in [1.165, 1.54) is 11.3 Å². The molecule has 1 aliphatic rings. The number of hydrogen-bond donors (Lipinski definition) is 1. The molecule has 0 aromatic carbocycles. The molecular weight excluding hydrogens is 278 g/mol. The predicted octanol–water partition coefficient (Wildman–Crippen LogP) is -0.429. The standard InChI is InChI=1S/C12H19N5O2S/c1-15(2)7-10(18)16-3-5-17(6-4-16)11(19)9-8-20-12(13)14-9/h8H,3-7H2,1-2H3,(H2,13,14). The van der Waals surface area contributed by atoms with E-state index in [9.17, 15) is 9.59 Å². The van der Waals surface area contributed by atoms with Crippen LogP contribution in [-0.4, -0.2) is 78.3 Å². The van der Waals surface area contributed by atoms with Crippen LogP contribution in [0, 0.1) is 0 Å². The summed E-state index contributed by atoms with van der Waals surface area (Å²) >= 11 is 1.26. The smallest absolute Gasteiger partial charge is 0.273 e. The van der Waals surface area contributed by atoms with E-state index in [1.54, 1.807) is 15.2 Å². The van der Waals surface area contributed by atoms with Gasteiger partial charge >= 0.3 is 0 Å². The van der Waals surface area contributed by atoms with Crippen LogP contribution in [-0.2, 0) is 4.79 Å². The summed E-state index contributed by atoms with van der Waals surface area (Å²) in [7, 11) is 3.73. The molecule has 110 valence electrons. The van der Waals surface area contributed by atoms with Gasteiger partial charge in [-0.25, -0.2) is 4.98 Å². The molecule has 0 aliphatic carbocycles. The van der Waals surface area contributed by atoms with Gasteiger partial charge in [-0.2, -0.15) is 0 Å². The van der Waals surface area contributed by atoms with E-state index in [1.807, 2.05) is 19.0 Å². The third-order valence-electron chi connectivity index (χ3n) is 3.11. The van der Waals surface area contributed by atoms with Crippen molar-refractivity contribution >= 4 is 28.3 Å². The Balaban J connectivity index is 1.88. The number of thiazole rings is 1. The summed E-state index contributed by atoms with van der Waals surface area (Å²) < 4.78 is 0. The number of hydrogen-bond acceptors (Lipinski definition) is 6. The van der Waals surface area contributed by atoms with Crippen LogP contribution in [0.2, 0.25) is 0 Å². The molecular formula is C12H19N5O2S. The number of likely N-dealkylation sites (N-methyl/N-ethyl adjacent to an activating group) is 1. The molecule has 8 heteroatoms. The van der Waals surface area contributed by atoms with Crippen LogP contribution in [0.1, 0.15) is 10.5 Å². The summed E-state index contributed by atoms with van der Waals surface area (Å²) in [4.78, 5) is 33.4. The Hall–Kier alpha value is -1.67. The predicted molar refractivity (Wildman–Crippen MR) is 77.6 cm³/mol. The Bertz CT molecular complexity index is 494. The first-order valence-electron chi connectivity index (χ1n) is 6.40. The number of nitrogen functional groups attached to an aromatic ring is 1. The highest BCUT2D eigenvalue weighted by atomic mass is 32.1. The van der Waals surface area contributed by atoms with Gasteiger partial charge in [0.05, 0.1) is 6.54 Å². The van der Waals surface area contributed by atoms with Crippen molar-refractivity contribution in [3.05, 3.63) is 11.1 Å². The molecule has 2 heterocycles. The first-order chi connectivity index (χ1) is 9.47. The van der Waals surface area contributed by atoms with Crippen LogP contribution in [0.4, 0.5) is 5.13 Å². The lowest BCUT2D eigenvalue weighted by molar-refractivity contribution is -0.133. The van der Waals surface area contributed by atoms with Crippen molar-refractivity contribution in [2.75, 3.05) is 52.6 Å². The van der Waals surface area contributed by atoms with Gasteiger partial charge in [-0.05, 0) is 14.1 Å². The van der Waals surface area contributed by atoms with Crippen molar-refractivity contribution < 1.29 is 9.59 Å². The quantitative estimate of drug-likeness (QED) is 0.819. The minimum atomic E-state index is -0.113. The number of anilines is 1. The molecule has 2 N–H and O–H groups in total. The lowest BCUT2D eigenvalue weighted by atomic mass is 10.3. The van der Waals surface area contributed by atoms with Gasteiger partial charge in [0, 0.05) is 31.6 Å². The second kappa shape index (κ2) is 6.19. The zero-order chi connectivity index (χ0) is 14.7. The molecule has 2 rings (SSSR count). The summed E-state index contributed by atoms with van der Waals surface area (Å²) in [5.74, 6) is -0.0161. The average molecular weight is 297 g/mol. The van der Waals surface area contributed by atoms with Crippen LogP contribution in [0.25, 0.3) is 0 Å². The summed E-state index contributed by atoms with van der Waals surface area (Å²) in [6, 6.07) is 0. The Kier molecular flexibility index (Phi) is 4.56.